The van der Waals surface area contributed by atoms with Crippen molar-refractivity contribution in [3.8, 4) is 0 Å². The zero-order valence-electron chi connectivity index (χ0n) is 9.34. The van der Waals surface area contributed by atoms with Crippen molar-refractivity contribution in [2.45, 2.75) is 13.8 Å². The summed E-state index contributed by atoms with van der Waals surface area (Å²) in [6.45, 7) is 4.28. The molecule has 0 aromatic heterocycles. The Hall–Kier alpha value is -1.07. The number of nitrogen functional groups attached to an aromatic ring is 1. The number of aryl methyl sites for hydroxylation is 1. The van der Waals surface area contributed by atoms with Gasteiger partial charge in [0.05, 0.1) is 11.4 Å². The lowest BCUT2D eigenvalue weighted by molar-refractivity contribution is -0.120. The Morgan fingerprint density at radius 1 is 1.56 bits per heavy atom. The molecule has 0 atom stereocenters. The molecule has 3 N–H and O–H groups in total. The van der Waals surface area contributed by atoms with Crippen LogP contribution in [0.1, 0.15) is 12.5 Å². The maximum absolute atomic E-state index is 11.4. The topological polar surface area (TPSA) is 64.3 Å². The van der Waals surface area contributed by atoms with Crippen LogP contribution in [0.3, 0.4) is 0 Å². The molecule has 1 rings (SSSR count). The van der Waals surface area contributed by atoms with Gasteiger partial charge in [-0.2, -0.15) is 0 Å². The fraction of sp³-hybridized carbons (Fsp3) is 0.364. The molecule has 0 saturated carbocycles. The summed E-state index contributed by atoms with van der Waals surface area (Å²) in [6.07, 6.45) is 0. The fourth-order valence-electron chi connectivity index (χ4n) is 1.24. The van der Waals surface area contributed by atoms with E-state index in [1.54, 1.807) is 6.07 Å². The molecule has 0 heterocycles. The van der Waals surface area contributed by atoms with Gasteiger partial charge >= 0.3 is 0 Å². The maximum atomic E-state index is 11.4. The van der Waals surface area contributed by atoms with E-state index in [4.69, 9.17) is 10.5 Å². The normalized spacial score (nSPS) is 10.2. The van der Waals surface area contributed by atoms with Crippen molar-refractivity contribution in [2.24, 2.45) is 0 Å². The van der Waals surface area contributed by atoms with Gasteiger partial charge in [0, 0.05) is 11.1 Å². The Bertz CT molecular complexity index is 394. The standard InChI is InChI=1S/C11H15BrN2O2/c1-3-16-6-10(15)14-9-5-8(12)4-7(2)11(9)13/h4-5H,3,6,13H2,1-2H3,(H,14,15). The summed E-state index contributed by atoms with van der Waals surface area (Å²) in [5, 5.41) is 2.71. The van der Waals surface area contributed by atoms with Gasteiger partial charge in [0.2, 0.25) is 5.91 Å². The van der Waals surface area contributed by atoms with Gasteiger partial charge < -0.3 is 15.8 Å². The lowest BCUT2D eigenvalue weighted by atomic mass is 10.2. The minimum Gasteiger partial charge on any atom is -0.397 e. The largest absolute Gasteiger partial charge is 0.397 e. The number of benzene rings is 1. The number of hydrogen-bond donors (Lipinski definition) is 2. The molecular formula is C11H15BrN2O2. The Kier molecular flexibility index (Phi) is 4.76. The molecular weight excluding hydrogens is 272 g/mol. The Balaban J connectivity index is 2.77. The molecule has 0 aliphatic rings. The molecule has 0 bridgehead atoms. The number of anilines is 2. The minimum absolute atomic E-state index is 0.0432. The summed E-state index contributed by atoms with van der Waals surface area (Å²) in [4.78, 5) is 11.4. The lowest BCUT2D eigenvalue weighted by Crippen LogP contribution is -2.19. The molecule has 0 spiro atoms. The van der Waals surface area contributed by atoms with E-state index in [1.165, 1.54) is 0 Å². The van der Waals surface area contributed by atoms with Crippen molar-refractivity contribution in [3.05, 3.63) is 22.2 Å². The van der Waals surface area contributed by atoms with Gasteiger partial charge in [-0.15, -0.1) is 0 Å². The molecule has 1 aromatic carbocycles. The highest BCUT2D eigenvalue weighted by molar-refractivity contribution is 9.10. The van der Waals surface area contributed by atoms with E-state index in [-0.39, 0.29) is 12.5 Å². The van der Waals surface area contributed by atoms with Gasteiger partial charge in [-0.1, -0.05) is 15.9 Å². The molecule has 0 fully saturated rings. The average molecular weight is 287 g/mol. The second kappa shape index (κ2) is 5.86. The third kappa shape index (κ3) is 3.50. The van der Waals surface area contributed by atoms with Crippen molar-refractivity contribution < 1.29 is 9.53 Å². The number of hydrogen-bond acceptors (Lipinski definition) is 3. The molecule has 0 saturated heterocycles. The first-order chi connectivity index (χ1) is 7.54. The highest BCUT2D eigenvalue weighted by atomic mass is 79.9. The predicted molar refractivity (Wildman–Crippen MR) is 68.4 cm³/mol. The van der Waals surface area contributed by atoms with E-state index >= 15 is 0 Å². The van der Waals surface area contributed by atoms with Crippen LogP contribution in [0.5, 0.6) is 0 Å². The van der Waals surface area contributed by atoms with Crippen LogP contribution in [0.25, 0.3) is 0 Å². The van der Waals surface area contributed by atoms with Crippen LogP contribution in [0, 0.1) is 6.92 Å². The number of nitrogens with two attached hydrogens (primary N) is 1. The molecule has 0 unspecified atom stereocenters. The van der Waals surface area contributed by atoms with Crippen LogP contribution in [0.4, 0.5) is 11.4 Å². The zero-order valence-corrected chi connectivity index (χ0v) is 10.9. The number of carbonyl (C=O) groups is 1. The molecule has 0 aliphatic carbocycles. The number of amides is 1. The summed E-state index contributed by atoms with van der Waals surface area (Å²) < 4.78 is 5.88. The Morgan fingerprint density at radius 3 is 2.88 bits per heavy atom. The predicted octanol–water partition coefficient (Wildman–Crippen LogP) is 2.31. The minimum atomic E-state index is -0.203. The van der Waals surface area contributed by atoms with Crippen LogP contribution < -0.4 is 11.1 Å². The van der Waals surface area contributed by atoms with E-state index in [2.05, 4.69) is 21.2 Å². The Morgan fingerprint density at radius 2 is 2.25 bits per heavy atom. The second-order valence-electron chi connectivity index (χ2n) is 3.37. The third-order valence-electron chi connectivity index (χ3n) is 2.06. The van der Waals surface area contributed by atoms with Gasteiger partial charge in [0.1, 0.15) is 6.61 Å². The van der Waals surface area contributed by atoms with Crippen LogP contribution in [-0.2, 0) is 9.53 Å². The quantitative estimate of drug-likeness (QED) is 0.835. The first kappa shape index (κ1) is 13.0. The maximum Gasteiger partial charge on any atom is 0.250 e. The van der Waals surface area contributed by atoms with Gasteiger partial charge in [0.25, 0.3) is 0 Å². The van der Waals surface area contributed by atoms with Gasteiger partial charge in [-0.25, -0.2) is 0 Å². The molecule has 1 aromatic rings. The molecule has 16 heavy (non-hydrogen) atoms. The highest BCUT2D eigenvalue weighted by Crippen LogP contribution is 2.27. The summed E-state index contributed by atoms with van der Waals surface area (Å²) >= 11 is 3.35. The van der Waals surface area contributed by atoms with Crippen molar-refractivity contribution in [2.75, 3.05) is 24.3 Å². The van der Waals surface area contributed by atoms with Crippen LogP contribution in [0.15, 0.2) is 16.6 Å². The van der Waals surface area contributed by atoms with Gasteiger partial charge in [-0.05, 0) is 31.5 Å². The van der Waals surface area contributed by atoms with Gasteiger partial charge in [0.15, 0.2) is 0 Å². The summed E-state index contributed by atoms with van der Waals surface area (Å²) in [5.74, 6) is -0.203. The summed E-state index contributed by atoms with van der Waals surface area (Å²) in [5.41, 5.74) is 7.95. The first-order valence-electron chi connectivity index (χ1n) is 4.97. The lowest BCUT2D eigenvalue weighted by Gasteiger charge is -2.11. The molecule has 1 amide bonds. The van der Waals surface area contributed by atoms with Crippen LogP contribution in [-0.4, -0.2) is 19.1 Å². The van der Waals surface area contributed by atoms with Crippen molar-refractivity contribution in [1.29, 1.82) is 0 Å². The van der Waals surface area contributed by atoms with Crippen molar-refractivity contribution in [3.63, 3.8) is 0 Å². The van der Waals surface area contributed by atoms with Crippen molar-refractivity contribution >= 4 is 33.2 Å². The van der Waals surface area contributed by atoms with E-state index in [0.29, 0.717) is 18.0 Å². The number of ether oxygens (including phenoxy) is 1. The van der Waals surface area contributed by atoms with E-state index in [9.17, 15) is 4.79 Å². The number of halogens is 1. The number of carbonyl (C=O) groups excluding carboxylic acids is 1. The molecule has 0 radical (unpaired) electrons. The molecule has 4 nitrogen and oxygen atoms in total. The van der Waals surface area contributed by atoms with Crippen LogP contribution >= 0.6 is 15.9 Å². The van der Waals surface area contributed by atoms with E-state index in [0.717, 1.165) is 10.0 Å². The van der Waals surface area contributed by atoms with Crippen LogP contribution in [0.2, 0.25) is 0 Å². The summed E-state index contributed by atoms with van der Waals surface area (Å²) in [7, 11) is 0. The summed E-state index contributed by atoms with van der Waals surface area (Å²) in [6, 6.07) is 3.67. The zero-order chi connectivity index (χ0) is 12.1. The van der Waals surface area contributed by atoms with E-state index in [1.807, 2.05) is 19.9 Å². The number of rotatable bonds is 4. The highest BCUT2D eigenvalue weighted by Gasteiger charge is 2.08. The number of nitrogens with one attached hydrogen (secondary N) is 1. The molecule has 5 heteroatoms. The fourth-order valence-corrected chi connectivity index (χ4v) is 1.81. The first-order valence-corrected chi connectivity index (χ1v) is 5.77. The molecule has 88 valence electrons. The molecule has 0 aliphatic heterocycles. The smallest absolute Gasteiger partial charge is 0.250 e. The van der Waals surface area contributed by atoms with Gasteiger partial charge in [-0.3, -0.25) is 4.79 Å². The second-order valence-corrected chi connectivity index (χ2v) is 4.28. The monoisotopic (exact) mass is 286 g/mol. The van der Waals surface area contributed by atoms with E-state index < -0.39 is 0 Å². The SMILES string of the molecule is CCOCC(=O)Nc1cc(Br)cc(C)c1N. The van der Waals surface area contributed by atoms with Crippen molar-refractivity contribution in [1.82, 2.24) is 0 Å². The third-order valence-corrected chi connectivity index (χ3v) is 2.52. The average Bonchev–Trinajstić information content (AvgIpc) is 2.22. The Labute approximate surface area is 103 Å².